The van der Waals surface area contributed by atoms with Gasteiger partial charge in [-0.25, -0.2) is 4.98 Å². The molecular weight excluding hydrogens is 261 g/mol. The molecule has 0 saturated carbocycles. The average Bonchev–Trinajstić information content (AvgIpc) is 2.30. The molecule has 5 nitrogen and oxygen atoms in total. The first kappa shape index (κ1) is 12.9. The van der Waals surface area contributed by atoms with E-state index in [0.29, 0.717) is 0 Å². The summed E-state index contributed by atoms with van der Waals surface area (Å²) >= 11 is 0. The molecule has 8 heteroatoms. The van der Waals surface area contributed by atoms with Crippen molar-refractivity contribution in [2.75, 3.05) is 11.1 Å². The normalized spacial score (nSPS) is 11.1. The van der Waals surface area contributed by atoms with Crippen LogP contribution in [-0.4, -0.2) is 16.3 Å². The highest BCUT2D eigenvalue weighted by Gasteiger charge is 2.32. The molecule has 0 aliphatic rings. The Morgan fingerprint density at radius 2 is 1.89 bits per heavy atom. The van der Waals surface area contributed by atoms with E-state index in [1.807, 2.05) is 0 Å². The van der Waals surface area contributed by atoms with Gasteiger partial charge in [0.1, 0.15) is 5.82 Å². The quantitative estimate of drug-likeness (QED) is 0.897. The van der Waals surface area contributed by atoms with Crippen LogP contribution < -0.4 is 15.8 Å². The fourth-order valence-corrected chi connectivity index (χ4v) is 1.34. The summed E-state index contributed by atoms with van der Waals surface area (Å²) < 4.78 is 40.6. The summed E-state index contributed by atoms with van der Waals surface area (Å²) in [6.45, 7) is 0. The highest BCUT2D eigenvalue weighted by atomic mass is 19.4. The smallest absolute Gasteiger partial charge is 0.404 e. The van der Waals surface area contributed by atoms with E-state index >= 15 is 0 Å². The summed E-state index contributed by atoms with van der Waals surface area (Å²) in [6, 6.07) is 7.03. The Kier molecular flexibility index (Phi) is 3.41. The van der Waals surface area contributed by atoms with Gasteiger partial charge in [-0.2, -0.15) is 4.98 Å². The minimum atomic E-state index is -4.77. The number of nitrogens with two attached hydrogens (primary N) is 1. The van der Waals surface area contributed by atoms with E-state index in [1.54, 1.807) is 6.07 Å². The lowest BCUT2D eigenvalue weighted by Gasteiger charge is -2.13. The number of halogens is 3. The maximum Gasteiger partial charge on any atom is 0.573 e. The monoisotopic (exact) mass is 270 g/mol. The Morgan fingerprint density at radius 1 is 1.16 bits per heavy atom. The Hall–Kier alpha value is -2.51. The Morgan fingerprint density at radius 3 is 2.58 bits per heavy atom. The molecule has 0 saturated heterocycles. The van der Waals surface area contributed by atoms with Crippen molar-refractivity contribution in [1.29, 1.82) is 0 Å². The fraction of sp³-hybridized carbons (Fsp3) is 0.0909. The molecule has 0 spiro atoms. The zero-order valence-corrected chi connectivity index (χ0v) is 9.48. The van der Waals surface area contributed by atoms with E-state index in [4.69, 9.17) is 5.73 Å². The third-order valence-electron chi connectivity index (χ3n) is 2.04. The Bertz CT molecular complexity index is 574. The number of rotatable bonds is 3. The number of hydrogen-bond acceptors (Lipinski definition) is 5. The number of anilines is 3. The standard InChI is InChI=1S/C11H9F3N4O/c12-11(13,14)19-8-4-2-1-3-7(8)17-10-16-6-5-9(15)18-10/h1-6H,(H3,15,16,17,18). The van der Waals surface area contributed by atoms with E-state index < -0.39 is 6.36 Å². The second-order valence-electron chi connectivity index (χ2n) is 3.47. The topological polar surface area (TPSA) is 73.1 Å². The van der Waals surface area contributed by atoms with Crippen molar-refractivity contribution >= 4 is 17.5 Å². The molecule has 0 aliphatic heterocycles. The van der Waals surface area contributed by atoms with Crippen LogP contribution in [0, 0.1) is 0 Å². The number of nitrogen functional groups attached to an aromatic ring is 1. The summed E-state index contributed by atoms with van der Waals surface area (Å²) in [5.74, 6) is -0.0917. The van der Waals surface area contributed by atoms with Gasteiger partial charge in [0, 0.05) is 6.20 Å². The molecule has 0 radical (unpaired) electrons. The number of ether oxygens (including phenoxy) is 1. The lowest BCUT2D eigenvalue weighted by molar-refractivity contribution is -0.274. The first-order valence-corrected chi connectivity index (χ1v) is 5.14. The zero-order chi connectivity index (χ0) is 13.9. The van der Waals surface area contributed by atoms with Crippen LogP contribution in [0.1, 0.15) is 0 Å². The summed E-state index contributed by atoms with van der Waals surface area (Å²) in [6.07, 6.45) is -3.38. The van der Waals surface area contributed by atoms with Crippen LogP contribution in [0.2, 0.25) is 0 Å². The molecule has 2 rings (SSSR count). The summed E-state index contributed by atoms with van der Waals surface area (Å²) in [4.78, 5) is 7.66. The molecule has 0 unspecified atom stereocenters. The molecule has 100 valence electrons. The molecule has 0 atom stereocenters. The van der Waals surface area contributed by atoms with Crippen molar-refractivity contribution in [1.82, 2.24) is 9.97 Å². The van der Waals surface area contributed by atoms with Gasteiger partial charge >= 0.3 is 6.36 Å². The van der Waals surface area contributed by atoms with Crippen LogP contribution in [0.3, 0.4) is 0 Å². The number of aromatic nitrogens is 2. The zero-order valence-electron chi connectivity index (χ0n) is 9.48. The minimum absolute atomic E-state index is 0.0817. The lowest BCUT2D eigenvalue weighted by Crippen LogP contribution is -2.18. The molecule has 2 aromatic rings. The van der Waals surface area contributed by atoms with E-state index in [2.05, 4.69) is 20.0 Å². The first-order valence-electron chi connectivity index (χ1n) is 5.14. The number of alkyl halides is 3. The van der Waals surface area contributed by atoms with Gasteiger partial charge in [-0.05, 0) is 18.2 Å². The van der Waals surface area contributed by atoms with Gasteiger partial charge in [0.2, 0.25) is 5.95 Å². The Balaban J connectivity index is 2.25. The molecule has 19 heavy (non-hydrogen) atoms. The predicted molar refractivity (Wildman–Crippen MR) is 62.9 cm³/mol. The molecule has 0 amide bonds. The fourth-order valence-electron chi connectivity index (χ4n) is 1.34. The van der Waals surface area contributed by atoms with Gasteiger partial charge in [0.05, 0.1) is 5.69 Å². The molecule has 0 bridgehead atoms. The Labute approximate surface area is 106 Å². The highest BCUT2D eigenvalue weighted by molar-refractivity contribution is 5.62. The molecule has 3 N–H and O–H groups in total. The number of hydrogen-bond donors (Lipinski definition) is 2. The average molecular weight is 270 g/mol. The van der Waals surface area contributed by atoms with Gasteiger partial charge in [0.25, 0.3) is 0 Å². The van der Waals surface area contributed by atoms with E-state index in [-0.39, 0.29) is 23.2 Å². The molecule has 0 fully saturated rings. The first-order chi connectivity index (χ1) is 8.94. The van der Waals surface area contributed by atoms with Crippen LogP contribution in [0.5, 0.6) is 5.75 Å². The SMILES string of the molecule is Nc1ccnc(Nc2ccccc2OC(F)(F)F)n1. The third-order valence-corrected chi connectivity index (χ3v) is 2.04. The molecule has 1 heterocycles. The van der Waals surface area contributed by atoms with E-state index in [9.17, 15) is 13.2 Å². The van der Waals surface area contributed by atoms with Crippen LogP contribution in [0.15, 0.2) is 36.5 Å². The van der Waals surface area contributed by atoms with Gasteiger partial charge in [0.15, 0.2) is 5.75 Å². The van der Waals surface area contributed by atoms with Gasteiger partial charge < -0.3 is 15.8 Å². The maximum atomic E-state index is 12.2. The van der Waals surface area contributed by atoms with E-state index in [1.165, 1.54) is 30.5 Å². The van der Waals surface area contributed by atoms with Crippen molar-refractivity contribution < 1.29 is 17.9 Å². The third kappa shape index (κ3) is 3.73. The predicted octanol–water partition coefficient (Wildman–Crippen LogP) is 2.70. The molecular formula is C11H9F3N4O. The van der Waals surface area contributed by atoms with Gasteiger partial charge in [-0.1, -0.05) is 12.1 Å². The second kappa shape index (κ2) is 5.01. The van der Waals surface area contributed by atoms with E-state index in [0.717, 1.165) is 0 Å². The van der Waals surface area contributed by atoms with Gasteiger partial charge in [-0.3, -0.25) is 0 Å². The molecule has 1 aromatic heterocycles. The number of nitrogens with zero attached hydrogens (tertiary/aromatic N) is 2. The van der Waals surface area contributed by atoms with Crippen molar-refractivity contribution in [2.45, 2.75) is 6.36 Å². The number of benzene rings is 1. The van der Waals surface area contributed by atoms with Crippen molar-refractivity contribution in [3.63, 3.8) is 0 Å². The summed E-state index contributed by atoms with van der Waals surface area (Å²) in [5.41, 5.74) is 5.54. The van der Waals surface area contributed by atoms with Crippen LogP contribution in [-0.2, 0) is 0 Å². The summed E-state index contributed by atoms with van der Waals surface area (Å²) in [7, 11) is 0. The van der Waals surface area contributed by atoms with Crippen molar-refractivity contribution in [3.05, 3.63) is 36.5 Å². The largest absolute Gasteiger partial charge is 0.573 e. The van der Waals surface area contributed by atoms with Crippen molar-refractivity contribution in [3.8, 4) is 5.75 Å². The van der Waals surface area contributed by atoms with Crippen LogP contribution in [0.25, 0.3) is 0 Å². The number of nitrogens with one attached hydrogen (secondary N) is 1. The molecule has 0 aliphatic carbocycles. The van der Waals surface area contributed by atoms with Crippen LogP contribution >= 0.6 is 0 Å². The number of para-hydroxylation sites is 2. The molecule has 1 aromatic carbocycles. The second-order valence-corrected chi connectivity index (χ2v) is 3.47. The maximum absolute atomic E-state index is 12.2. The lowest BCUT2D eigenvalue weighted by atomic mass is 10.3. The van der Waals surface area contributed by atoms with Gasteiger partial charge in [-0.15, -0.1) is 13.2 Å². The minimum Gasteiger partial charge on any atom is -0.404 e. The van der Waals surface area contributed by atoms with Crippen molar-refractivity contribution in [2.24, 2.45) is 0 Å². The summed E-state index contributed by atoms with van der Waals surface area (Å²) in [5, 5.41) is 2.61. The van der Waals surface area contributed by atoms with Crippen LogP contribution in [0.4, 0.5) is 30.6 Å². The highest BCUT2D eigenvalue weighted by Crippen LogP contribution is 2.31.